The number of benzene rings is 2. The third kappa shape index (κ3) is 3.62. The van der Waals surface area contributed by atoms with Crippen LogP contribution < -0.4 is 11.1 Å². The molecule has 0 bridgehead atoms. The first-order chi connectivity index (χ1) is 10.3. The second kappa shape index (κ2) is 7.13. The Kier molecular flexibility index (Phi) is 4.97. The van der Waals surface area contributed by atoms with Crippen molar-refractivity contribution in [3.63, 3.8) is 0 Å². The summed E-state index contributed by atoms with van der Waals surface area (Å²) in [4.78, 5) is 0. The molecular weight excluding hydrogens is 262 g/mol. The molecule has 0 aromatic heterocycles. The first-order valence-corrected chi connectivity index (χ1v) is 6.56. The molecule has 2 rings (SSSR count). The number of oxime groups is 1. The van der Waals surface area contributed by atoms with Crippen LogP contribution in [-0.4, -0.2) is 17.6 Å². The van der Waals surface area contributed by atoms with Gasteiger partial charge in [0, 0.05) is 12.1 Å². The molecule has 4 N–H and O–H groups in total. The molecule has 0 aliphatic rings. The van der Waals surface area contributed by atoms with Crippen LogP contribution >= 0.6 is 0 Å². The van der Waals surface area contributed by atoms with Crippen molar-refractivity contribution in [2.45, 2.75) is 6.54 Å². The Labute approximate surface area is 124 Å². The molecule has 0 spiro atoms. The zero-order chi connectivity index (χ0) is 15.1. The van der Waals surface area contributed by atoms with Crippen molar-refractivity contribution in [3.8, 4) is 23.5 Å². The average Bonchev–Trinajstić information content (AvgIpc) is 2.55. The lowest BCUT2D eigenvalue weighted by Gasteiger charge is -2.09. The Hall–Kier alpha value is -2.77. The van der Waals surface area contributed by atoms with E-state index in [2.05, 4.69) is 16.4 Å². The molecule has 0 aliphatic heterocycles. The second-order valence-corrected chi connectivity index (χ2v) is 4.54. The van der Waals surface area contributed by atoms with Crippen LogP contribution in [0.25, 0.3) is 11.1 Å². The van der Waals surface area contributed by atoms with E-state index in [1.165, 1.54) is 0 Å². The number of nitrogens with one attached hydrogen (secondary N) is 1. The van der Waals surface area contributed by atoms with Gasteiger partial charge < -0.3 is 16.3 Å². The molecule has 0 radical (unpaired) electrons. The summed E-state index contributed by atoms with van der Waals surface area (Å²) in [6.07, 6.45) is 5.19. The first kappa shape index (κ1) is 14.6. The van der Waals surface area contributed by atoms with Crippen molar-refractivity contribution in [2.75, 3.05) is 6.54 Å². The summed E-state index contributed by atoms with van der Waals surface area (Å²) in [5.74, 6) is 2.64. The molecule has 2 aromatic rings. The van der Waals surface area contributed by atoms with Crippen molar-refractivity contribution < 1.29 is 5.21 Å². The minimum absolute atomic E-state index is 0.102. The highest BCUT2D eigenvalue weighted by atomic mass is 16.4. The highest BCUT2D eigenvalue weighted by molar-refractivity contribution is 6.03. The van der Waals surface area contributed by atoms with E-state index in [9.17, 15) is 0 Å². The van der Waals surface area contributed by atoms with Crippen LogP contribution in [0, 0.1) is 12.3 Å². The molecule has 4 heteroatoms. The van der Waals surface area contributed by atoms with E-state index < -0.39 is 0 Å². The summed E-state index contributed by atoms with van der Waals surface area (Å²) in [6, 6.07) is 15.6. The number of hydrogen-bond donors (Lipinski definition) is 3. The molecule has 21 heavy (non-hydrogen) atoms. The SMILES string of the molecule is C#CCNCc1ccc(-c2ccccc2C(N)=NO)cc1. The lowest BCUT2D eigenvalue weighted by atomic mass is 9.98. The van der Waals surface area contributed by atoms with Crippen molar-refractivity contribution in [1.82, 2.24) is 5.32 Å². The van der Waals surface area contributed by atoms with Crippen LogP contribution in [-0.2, 0) is 6.54 Å². The fourth-order valence-electron chi connectivity index (χ4n) is 2.09. The van der Waals surface area contributed by atoms with E-state index in [-0.39, 0.29) is 5.84 Å². The van der Waals surface area contributed by atoms with Crippen LogP contribution in [0.2, 0.25) is 0 Å². The molecule has 0 atom stereocenters. The van der Waals surface area contributed by atoms with Gasteiger partial charge in [-0.2, -0.15) is 0 Å². The summed E-state index contributed by atoms with van der Waals surface area (Å²) < 4.78 is 0. The maximum Gasteiger partial charge on any atom is 0.170 e. The van der Waals surface area contributed by atoms with Crippen LogP contribution in [0.15, 0.2) is 53.7 Å². The molecule has 2 aromatic carbocycles. The zero-order valence-electron chi connectivity index (χ0n) is 11.6. The van der Waals surface area contributed by atoms with Gasteiger partial charge in [-0.25, -0.2) is 0 Å². The highest BCUT2D eigenvalue weighted by Gasteiger charge is 2.08. The summed E-state index contributed by atoms with van der Waals surface area (Å²) in [6.45, 7) is 1.28. The number of nitrogens with zero attached hydrogens (tertiary/aromatic N) is 1. The summed E-state index contributed by atoms with van der Waals surface area (Å²) in [5.41, 5.74) is 9.51. The van der Waals surface area contributed by atoms with Crippen molar-refractivity contribution in [2.24, 2.45) is 10.9 Å². The van der Waals surface area contributed by atoms with Gasteiger partial charge in [-0.05, 0) is 16.7 Å². The van der Waals surface area contributed by atoms with Gasteiger partial charge in [0.15, 0.2) is 5.84 Å². The molecule has 0 unspecified atom stereocenters. The Morgan fingerprint density at radius 1 is 1.19 bits per heavy atom. The molecule has 0 amide bonds. The van der Waals surface area contributed by atoms with E-state index in [1.807, 2.05) is 48.5 Å². The Morgan fingerprint density at radius 3 is 2.57 bits per heavy atom. The zero-order valence-corrected chi connectivity index (χ0v) is 11.6. The van der Waals surface area contributed by atoms with Gasteiger partial charge in [0.05, 0.1) is 6.54 Å². The predicted molar refractivity (Wildman–Crippen MR) is 84.9 cm³/mol. The lowest BCUT2D eigenvalue weighted by molar-refractivity contribution is 0.318. The summed E-state index contributed by atoms with van der Waals surface area (Å²) in [7, 11) is 0. The van der Waals surface area contributed by atoms with Gasteiger partial charge in [0.2, 0.25) is 0 Å². The van der Waals surface area contributed by atoms with Crippen molar-refractivity contribution in [1.29, 1.82) is 0 Å². The van der Waals surface area contributed by atoms with E-state index >= 15 is 0 Å². The number of hydrogen-bond acceptors (Lipinski definition) is 3. The van der Waals surface area contributed by atoms with Crippen molar-refractivity contribution >= 4 is 5.84 Å². The van der Waals surface area contributed by atoms with E-state index in [1.54, 1.807) is 0 Å². The number of nitrogens with two attached hydrogens (primary N) is 1. The molecule has 0 saturated carbocycles. The molecule has 0 aliphatic carbocycles. The van der Waals surface area contributed by atoms with Crippen LogP contribution in [0.1, 0.15) is 11.1 Å². The van der Waals surface area contributed by atoms with E-state index in [0.717, 1.165) is 23.2 Å². The molecule has 0 fully saturated rings. The van der Waals surface area contributed by atoms with Gasteiger partial charge in [-0.15, -0.1) is 6.42 Å². The fraction of sp³-hybridized carbons (Fsp3) is 0.118. The maximum atomic E-state index is 8.86. The van der Waals surface area contributed by atoms with Gasteiger partial charge >= 0.3 is 0 Å². The normalized spacial score (nSPS) is 11.1. The van der Waals surface area contributed by atoms with Crippen LogP contribution in [0.4, 0.5) is 0 Å². The Morgan fingerprint density at radius 2 is 1.90 bits per heavy atom. The highest BCUT2D eigenvalue weighted by Crippen LogP contribution is 2.24. The maximum absolute atomic E-state index is 8.86. The standard InChI is InChI=1S/C17H17N3O/c1-2-11-19-12-13-7-9-14(10-8-13)15-5-3-4-6-16(15)17(18)20-21/h1,3-10,19,21H,11-12H2,(H2,18,20). The Balaban J connectivity index is 2.25. The lowest BCUT2D eigenvalue weighted by Crippen LogP contribution is -2.14. The molecular formula is C17H17N3O. The molecule has 0 saturated heterocycles. The van der Waals surface area contributed by atoms with Crippen molar-refractivity contribution in [3.05, 3.63) is 59.7 Å². The largest absolute Gasteiger partial charge is 0.409 e. The third-order valence-corrected chi connectivity index (χ3v) is 3.13. The van der Waals surface area contributed by atoms with Crippen LogP contribution in [0.5, 0.6) is 0 Å². The second-order valence-electron chi connectivity index (χ2n) is 4.54. The van der Waals surface area contributed by atoms with Gasteiger partial charge in [-0.1, -0.05) is 59.6 Å². The minimum atomic E-state index is 0.102. The van der Waals surface area contributed by atoms with Gasteiger partial charge in [-0.3, -0.25) is 0 Å². The molecule has 4 nitrogen and oxygen atoms in total. The number of rotatable bonds is 5. The van der Waals surface area contributed by atoms with Crippen LogP contribution in [0.3, 0.4) is 0 Å². The quantitative estimate of drug-likeness (QED) is 0.196. The summed E-state index contributed by atoms with van der Waals surface area (Å²) >= 11 is 0. The predicted octanol–water partition coefficient (Wildman–Crippen LogP) is 2.17. The first-order valence-electron chi connectivity index (χ1n) is 6.56. The van der Waals surface area contributed by atoms with E-state index in [0.29, 0.717) is 12.1 Å². The topological polar surface area (TPSA) is 70.6 Å². The average molecular weight is 279 g/mol. The smallest absolute Gasteiger partial charge is 0.170 e. The minimum Gasteiger partial charge on any atom is -0.409 e. The summed E-state index contributed by atoms with van der Waals surface area (Å²) in [5, 5.41) is 15.1. The molecule has 0 heterocycles. The fourth-order valence-corrected chi connectivity index (χ4v) is 2.09. The van der Waals surface area contributed by atoms with E-state index in [4.69, 9.17) is 17.4 Å². The Bertz CT molecular complexity index is 669. The van der Waals surface area contributed by atoms with Gasteiger partial charge in [0.1, 0.15) is 0 Å². The number of amidine groups is 1. The van der Waals surface area contributed by atoms with Gasteiger partial charge in [0.25, 0.3) is 0 Å². The number of terminal acetylenes is 1. The third-order valence-electron chi connectivity index (χ3n) is 3.13. The monoisotopic (exact) mass is 279 g/mol. The molecule has 106 valence electrons.